The van der Waals surface area contributed by atoms with Crippen LogP contribution >= 0.6 is 0 Å². The van der Waals surface area contributed by atoms with Crippen LogP contribution in [0.2, 0.25) is 0 Å². The van der Waals surface area contributed by atoms with Crippen LogP contribution < -0.4 is 10.1 Å². The third kappa shape index (κ3) is 4.54. The van der Waals surface area contributed by atoms with E-state index in [9.17, 15) is 14.4 Å². The molecule has 0 radical (unpaired) electrons. The first-order valence-corrected chi connectivity index (χ1v) is 8.41. The van der Waals surface area contributed by atoms with E-state index < -0.39 is 18.0 Å². The summed E-state index contributed by atoms with van der Waals surface area (Å²) >= 11 is 0. The standard InChI is InChI=1S/C17H21N3O5/c21-15-4-3-14(17(24)19-15)25-12-1-2-13(18-9-12)11-5-7-20(8-6-11)10-16(22)23/h1-2,9,11,14H,3-8,10H2,(H,22,23)(H,19,21,24)/t14-/m0/s1. The van der Waals surface area contributed by atoms with E-state index in [1.165, 1.54) is 0 Å². The SMILES string of the molecule is O=C(O)CN1CCC(c2ccc(O[C@H]3CCC(=O)NC3=O)cn2)CC1. The molecule has 8 heteroatoms. The predicted molar refractivity (Wildman–Crippen MR) is 87.1 cm³/mol. The highest BCUT2D eigenvalue weighted by Crippen LogP contribution is 2.27. The molecule has 3 heterocycles. The maximum absolute atomic E-state index is 11.7. The Morgan fingerprint density at radius 2 is 2.04 bits per heavy atom. The molecule has 0 aliphatic carbocycles. The van der Waals surface area contributed by atoms with Crippen LogP contribution in [-0.2, 0) is 14.4 Å². The number of likely N-dealkylation sites (tertiary alicyclic amines) is 1. The van der Waals surface area contributed by atoms with Gasteiger partial charge in [-0.1, -0.05) is 0 Å². The van der Waals surface area contributed by atoms with E-state index in [1.54, 1.807) is 12.3 Å². The second kappa shape index (κ2) is 7.60. The Labute approximate surface area is 145 Å². The van der Waals surface area contributed by atoms with Crippen LogP contribution in [0.15, 0.2) is 18.3 Å². The van der Waals surface area contributed by atoms with Crippen molar-refractivity contribution in [2.75, 3.05) is 19.6 Å². The number of nitrogens with one attached hydrogen (secondary N) is 1. The first-order valence-electron chi connectivity index (χ1n) is 8.41. The predicted octanol–water partition coefficient (Wildman–Crippen LogP) is 0.530. The quantitative estimate of drug-likeness (QED) is 0.748. The Morgan fingerprint density at radius 1 is 1.28 bits per heavy atom. The fraction of sp³-hybridized carbons (Fsp3) is 0.529. The second-order valence-corrected chi connectivity index (χ2v) is 6.42. The molecule has 2 saturated heterocycles. The Balaban J connectivity index is 1.53. The van der Waals surface area contributed by atoms with Crippen LogP contribution in [0.4, 0.5) is 0 Å². The number of amides is 2. The number of carbonyl (C=O) groups excluding carboxylic acids is 2. The van der Waals surface area contributed by atoms with Crippen LogP contribution in [0.3, 0.4) is 0 Å². The molecule has 2 aliphatic heterocycles. The normalized spacial score (nSPS) is 22.5. The lowest BCUT2D eigenvalue weighted by Gasteiger charge is -2.30. The van der Waals surface area contributed by atoms with Crippen molar-refractivity contribution >= 4 is 17.8 Å². The number of ether oxygens (including phenoxy) is 1. The lowest BCUT2D eigenvalue weighted by atomic mass is 9.93. The number of piperidine rings is 2. The van der Waals surface area contributed by atoms with Gasteiger partial charge in [-0.3, -0.25) is 29.6 Å². The number of hydrogen-bond acceptors (Lipinski definition) is 6. The number of aliphatic carboxylic acids is 1. The van der Waals surface area contributed by atoms with E-state index in [0.29, 0.717) is 18.1 Å². The van der Waals surface area contributed by atoms with Gasteiger partial charge in [0.2, 0.25) is 5.91 Å². The Bertz CT molecular complexity index is 653. The van der Waals surface area contributed by atoms with Crippen LogP contribution in [0.1, 0.15) is 37.3 Å². The molecule has 8 nitrogen and oxygen atoms in total. The minimum atomic E-state index is -0.800. The third-order valence-corrected chi connectivity index (χ3v) is 4.59. The molecule has 0 bridgehead atoms. The molecule has 0 saturated carbocycles. The minimum absolute atomic E-state index is 0.0822. The van der Waals surface area contributed by atoms with E-state index in [0.717, 1.165) is 31.6 Å². The Kier molecular flexibility index (Phi) is 5.28. The van der Waals surface area contributed by atoms with E-state index in [2.05, 4.69) is 10.3 Å². The largest absolute Gasteiger partial charge is 0.480 e. The van der Waals surface area contributed by atoms with Gasteiger partial charge < -0.3 is 9.84 Å². The number of imide groups is 1. The average molecular weight is 347 g/mol. The Hall–Kier alpha value is -2.48. The summed E-state index contributed by atoms with van der Waals surface area (Å²) in [6, 6.07) is 3.68. The fourth-order valence-corrected chi connectivity index (χ4v) is 3.23. The molecular weight excluding hydrogens is 326 g/mol. The van der Waals surface area contributed by atoms with Gasteiger partial charge in [-0.25, -0.2) is 0 Å². The van der Waals surface area contributed by atoms with Crippen molar-refractivity contribution in [3.8, 4) is 5.75 Å². The van der Waals surface area contributed by atoms with E-state index in [-0.39, 0.29) is 18.9 Å². The first-order chi connectivity index (χ1) is 12.0. The van der Waals surface area contributed by atoms with Crippen molar-refractivity contribution in [2.45, 2.75) is 37.7 Å². The lowest BCUT2D eigenvalue weighted by Crippen LogP contribution is -2.46. The van der Waals surface area contributed by atoms with Crippen molar-refractivity contribution in [3.63, 3.8) is 0 Å². The summed E-state index contributed by atoms with van der Waals surface area (Å²) in [5.41, 5.74) is 0.950. The molecule has 1 atom stereocenters. The second-order valence-electron chi connectivity index (χ2n) is 6.42. The first kappa shape index (κ1) is 17.3. The number of aromatic nitrogens is 1. The molecule has 134 valence electrons. The molecule has 2 fully saturated rings. The smallest absolute Gasteiger partial charge is 0.317 e. The van der Waals surface area contributed by atoms with Gasteiger partial charge in [0.25, 0.3) is 5.91 Å². The van der Waals surface area contributed by atoms with Crippen molar-refractivity contribution in [2.24, 2.45) is 0 Å². The summed E-state index contributed by atoms with van der Waals surface area (Å²) in [6.07, 6.45) is 3.32. The summed E-state index contributed by atoms with van der Waals surface area (Å²) in [6.45, 7) is 1.57. The molecule has 2 N–H and O–H groups in total. The van der Waals surface area contributed by atoms with Crippen molar-refractivity contribution in [1.29, 1.82) is 0 Å². The highest BCUT2D eigenvalue weighted by Gasteiger charge is 2.28. The molecular formula is C17H21N3O5. The number of pyridine rings is 1. The molecule has 25 heavy (non-hydrogen) atoms. The van der Waals surface area contributed by atoms with Crippen LogP contribution in [0.25, 0.3) is 0 Å². The zero-order valence-corrected chi connectivity index (χ0v) is 13.8. The summed E-state index contributed by atoms with van der Waals surface area (Å²) in [5.74, 6) is -0.679. The topological polar surface area (TPSA) is 109 Å². The van der Waals surface area contributed by atoms with Gasteiger partial charge in [0.15, 0.2) is 6.10 Å². The zero-order chi connectivity index (χ0) is 17.8. The summed E-state index contributed by atoms with van der Waals surface area (Å²) in [7, 11) is 0. The number of hydrogen-bond donors (Lipinski definition) is 2. The molecule has 2 amide bonds. The van der Waals surface area contributed by atoms with Gasteiger partial charge in [0.1, 0.15) is 5.75 Å². The van der Waals surface area contributed by atoms with E-state index >= 15 is 0 Å². The fourth-order valence-electron chi connectivity index (χ4n) is 3.23. The summed E-state index contributed by atoms with van der Waals surface area (Å²) in [5, 5.41) is 11.1. The monoisotopic (exact) mass is 347 g/mol. The maximum Gasteiger partial charge on any atom is 0.317 e. The summed E-state index contributed by atoms with van der Waals surface area (Å²) in [4.78, 5) is 40.0. The van der Waals surface area contributed by atoms with Gasteiger partial charge in [-0.05, 0) is 38.1 Å². The molecule has 2 aliphatic rings. The van der Waals surface area contributed by atoms with Crippen molar-refractivity contribution in [1.82, 2.24) is 15.2 Å². The molecule has 3 rings (SSSR count). The molecule has 0 unspecified atom stereocenters. The lowest BCUT2D eigenvalue weighted by molar-refractivity contribution is -0.139. The zero-order valence-electron chi connectivity index (χ0n) is 13.8. The third-order valence-electron chi connectivity index (χ3n) is 4.59. The number of carbonyl (C=O) groups is 3. The van der Waals surface area contributed by atoms with Crippen molar-refractivity contribution in [3.05, 3.63) is 24.0 Å². The molecule has 0 aromatic carbocycles. The number of nitrogens with zero attached hydrogens (tertiary/aromatic N) is 2. The van der Waals surface area contributed by atoms with Gasteiger partial charge in [0, 0.05) is 24.5 Å². The Morgan fingerprint density at radius 3 is 2.64 bits per heavy atom. The minimum Gasteiger partial charge on any atom is -0.480 e. The van der Waals surface area contributed by atoms with E-state index in [4.69, 9.17) is 9.84 Å². The molecule has 0 spiro atoms. The van der Waals surface area contributed by atoms with Crippen LogP contribution in [0, 0.1) is 0 Å². The number of carboxylic acids is 1. The highest BCUT2D eigenvalue weighted by atomic mass is 16.5. The highest BCUT2D eigenvalue weighted by molar-refractivity contribution is 5.99. The van der Waals surface area contributed by atoms with Gasteiger partial charge in [-0.15, -0.1) is 0 Å². The van der Waals surface area contributed by atoms with Gasteiger partial charge in [0.05, 0.1) is 12.7 Å². The van der Waals surface area contributed by atoms with Gasteiger partial charge >= 0.3 is 5.97 Å². The molecule has 1 aromatic rings. The molecule has 1 aromatic heterocycles. The number of carboxylic acid groups (broad SMARTS) is 1. The maximum atomic E-state index is 11.7. The van der Waals surface area contributed by atoms with Crippen LogP contribution in [-0.4, -0.2) is 58.5 Å². The summed E-state index contributed by atoms with van der Waals surface area (Å²) < 4.78 is 5.62. The number of rotatable bonds is 5. The van der Waals surface area contributed by atoms with E-state index in [1.807, 2.05) is 11.0 Å². The van der Waals surface area contributed by atoms with Gasteiger partial charge in [-0.2, -0.15) is 0 Å². The average Bonchev–Trinajstić information content (AvgIpc) is 2.58. The van der Waals surface area contributed by atoms with Crippen molar-refractivity contribution < 1.29 is 24.2 Å². The van der Waals surface area contributed by atoms with Crippen LogP contribution in [0.5, 0.6) is 5.75 Å².